The number of nitrogens with one attached hydrogen (secondary N) is 2. The Morgan fingerprint density at radius 1 is 0.966 bits per heavy atom. The van der Waals surface area contributed by atoms with Gasteiger partial charge in [0.15, 0.2) is 12.7 Å². The molecule has 0 unspecified atom stereocenters. The number of hydrazine groups is 1. The molecule has 29 heavy (non-hydrogen) atoms. The topological polar surface area (TPSA) is 76.7 Å². The van der Waals surface area contributed by atoms with Crippen LogP contribution < -0.4 is 20.3 Å². The normalized spacial score (nSPS) is 11.6. The lowest BCUT2D eigenvalue weighted by atomic mass is 10.1. The quantitative estimate of drug-likeness (QED) is 0.604. The van der Waals surface area contributed by atoms with Crippen molar-refractivity contribution >= 4 is 34.2 Å². The summed E-state index contributed by atoms with van der Waals surface area (Å²) < 4.78 is 11.0. The van der Waals surface area contributed by atoms with Crippen LogP contribution in [0.4, 0.5) is 0 Å². The van der Waals surface area contributed by atoms with Gasteiger partial charge in [0, 0.05) is 5.02 Å². The van der Waals surface area contributed by atoms with E-state index >= 15 is 0 Å². The first-order valence-electron chi connectivity index (χ1n) is 9.05. The zero-order valence-corrected chi connectivity index (χ0v) is 16.8. The lowest BCUT2D eigenvalue weighted by molar-refractivity contribution is -0.133. The molecule has 7 heteroatoms. The van der Waals surface area contributed by atoms with Gasteiger partial charge < -0.3 is 9.47 Å². The van der Waals surface area contributed by atoms with Gasteiger partial charge in [0.2, 0.25) is 0 Å². The van der Waals surface area contributed by atoms with Crippen molar-refractivity contribution in [3.05, 3.63) is 71.2 Å². The number of fused-ring (bicyclic) bond motifs is 1. The van der Waals surface area contributed by atoms with Crippen molar-refractivity contribution in [1.29, 1.82) is 0 Å². The number of hydrogen-bond donors (Lipinski definition) is 2. The molecular weight excluding hydrogens is 392 g/mol. The summed E-state index contributed by atoms with van der Waals surface area (Å²) in [5.74, 6) is 0.109. The minimum atomic E-state index is -0.795. The predicted octanol–water partition coefficient (Wildman–Crippen LogP) is 3.80. The highest BCUT2D eigenvalue weighted by atomic mass is 35.5. The van der Waals surface area contributed by atoms with Crippen molar-refractivity contribution in [2.45, 2.75) is 20.0 Å². The van der Waals surface area contributed by atoms with E-state index in [9.17, 15) is 9.59 Å². The molecule has 0 radical (unpaired) electrons. The number of halogens is 1. The number of carbonyl (C=O) groups excluding carboxylic acids is 2. The third-order valence-corrected chi connectivity index (χ3v) is 4.65. The third-order valence-electron chi connectivity index (χ3n) is 4.23. The molecule has 0 saturated heterocycles. The number of carbonyl (C=O) groups is 2. The highest BCUT2D eigenvalue weighted by molar-refractivity contribution is 6.31. The van der Waals surface area contributed by atoms with Crippen LogP contribution in [0, 0.1) is 6.92 Å². The Bertz CT molecular complexity index is 1040. The second-order valence-electron chi connectivity index (χ2n) is 6.51. The molecule has 0 fully saturated rings. The van der Waals surface area contributed by atoms with Crippen LogP contribution in [0.25, 0.3) is 10.8 Å². The Kier molecular flexibility index (Phi) is 6.57. The standard InChI is InChI=1S/C22H21ClN2O4/c1-14-11-18(9-10-20(14)23)28-13-21(26)24-25-22(27)15(2)29-19-8-7-16-5-3-4-6-17(16)12-19/h3-12,15H,13H2,1-2H3,(H,24,26)(H,25,27)/t15-/m0/s1. The molecular formula is C22H21ClN2O4. The average molecular weight is 413 g/mol. The maximum Gasteiger partial charge on any atom is 0.279 e. The first-order valence-corrected chi connectivity index (χ1v) is 9.43. The smallest absolute Gasteiger partial charge is 0.279 e. The molecule has 0 bridgehead atoms. The van der Waals surface area contributed by atoms with E-state index in [4.69, 9.17) is 21.1 Å². The van der Waals surface area contributed by atoms with Crippen LogP contribution in [-0.2, 0) is 9.59 Å². The van der Waals surface area contributed by atoms with E-state index < -0.39 is 17.9 Å². The molecule has 0 aromatic heterocycles. The molecule has 0 heterocycles. The number of rotatable bonds is 6. The van der Waals surface area contributed by atoms with Crippen LogP contribution in [0.1, 0.15) is 12.5 Å². The van der Waals surface area contributed by atoms with Crippen LogP contribution in [0.5, 0.6) is 11.5 Å². The summed E-state index contributed by atoms with van der Waals surface area (Å²) in [6, 6.07) is 18.5. The van der Waals surface area contributed by atoms with Gasteiger partial charge >= 0.3 is 0 Å². The SMILES string of the molecule is Cc1cc(OCC(=O)NNC(=O)[C@H](C)Oc2ccc3ccccc3c2)ccc1Cl. The molecule has 2 N–H and O–H groups in total. The Morgan fingerprint density at radius 3 is 2.45 bits per heavy atom. The first kappa shape index (κ1) is 20.5. The third kappa shape index (κ3) is 5.62. The van der Waals surface area contributed by atoms with Crippen molar-refractivity contribution in [2.75, 3.05) is 6.61 Å². The van der Waals surface area contributed by atoms with Crippen LogP contribution in [-0.4, -0.2) is 24.5 Å². The highest BCUT2D eigenvalue weighted by Gasteiger charge is 2.16. The minimum absolute atomic E-state index is 0.249. The van der Waals surface area contributed by atoms with E-state index in [1.165, 1.54) is 0 Å². The van der Waals surface area contributed by atoms with E-state index in [1.807, 2.05) is 43.3 Å². The van der Waals surface area contributed by atoms with E-state index in [0.717, 1.165) is 16.3 Å². The zero-order valence-electron chi connectivity index (χ0n) is 16.1. The van der Waals surface area contributed by atoms with Crippen LogP contribution >= 0.6 is 11.6 Å². The molecule has 0 aliphatic rings. The van der Waals surface area contributed by atoms with Gasteiger partial charge in [-0.1, -0.05) is 41.9 Å². The van der Waals surface area contributed by atoms with Gasteiger partial charge in [0.05, 0.1) is 0 Å². The van der Waals surface area contributed by atoms with Gasteiger partial charge in [0.1, 0.15) is 11.5 Å². The maximum atomic E-state index is 12.2. The number of ether oxygens (including phenoxy) is 2. The molecule has 2 amide bonds. The van der Waals surface area contributed by atoms with Gasteiger partial charge in [-0.05, 0) is 60.5 Å². The van der Waals surface area contributed by atoms with Gasteiger partial charge in [0.25, 0.3) is 11.8 Å². The average Bonchev–Trinajstić information content (AvgIpc) is 2.72. The van der Waals surface area contributed by atoms with Gasteiger partial charge in [-0.25, -0.2) is 0 Å². The van der Waals surface area contributed by atoms with E-state index in [-0.39, 0.29) is 6.61 Å². The minimum Gasteiger partial charge on any atom is -0.484 e. The van der Waals surface area contributed by atoms with Crippen molar-refractivity contribution in [3.63, 3.8) is 0 Å². The first-order chi connectivity index (χ1) is 13.9. The second kappa shape index (κ2) is 9.30. The predicted molar refractivity (Wildman–Crippen MR) is 112 cm³/mol. The van der Waals surface area contributed by atoms with Gasteiger partial charge in [-0.15, -0.1) is 0 Å². The fourth-order valence-corrected chi connectivity index (χ4v) is 2.74. The van der Waals surface area contributed by atoms with Crippen LogP contribution in [0.2, 0.25) is 5.02 Å². The molecule has 1 atom stereocenters. The highest BCUT2D eigenvalue weighted by Crippen LogP contribution is 2.22. The van der Waals surface area contributed by atoms with Crippen molar-refractivity contribution in [1.82, 2.24) is 10.9 Å². The van der Waals surface area contributed by atoms with Gasteiger partial charge in [-0.2, -0.15) is 0 Å². The van der Waals surface area contributed by atoms with Crippen molar-refractivity contribution in [2.24, 2.45) is 0 Å². The molecule has 0 saturated carbocycles. The van der Waals surface area contributed by atoms with E-state index in [0.29, 0.717) is 16.5 Å². The summed E-state index contributed by atoms with van der Waals surface area (Å²) in [6.07, 6.45) is -0.795. The molecule has 0 spiro atoms. The molecule has 3 rings (SSSR count). The molecule has 3 aromatic carbocycles. The zero-order chi connectivity index (χ0) is 20.8. The molecule has 150 valence electrons. The monoisotopic (exact) mass is 412 g/mol. The van der Waals surface area contributed by atoms with Crippen molar-refractivity contribution in [3.8, 4) is 11.5 Å². The van der Waals surface area contributed by atoms with Gasteiger partial charge in [-0.3, -0.25) is 20.4 Å². The summed E-state index contributed by atoms with van der Waals surface area (Å²) in [4.78, 5) is 24.0. The second-order valence-corrected chi connectivity index (χ2v) is 6.91. The van der Waals surface area contributed by atoms with E-state index in [1.54, 1.807) is 31.2 Å². The van der Waals surface area contributed by atoms with Crippen molar-refractivity contribution < 1.29 is 19.1 Å². The lowest BCUT2D eigenvalue weighted by Gasteiger charge is -2.15. The van der Waals surface area contributed by atoms with Crippen LogP contribution in [0.15, 0.2) is 60.7 Å². The summed E-state index contributed by atoms with van der Waals surface area (Å²) in [5.41, 5.74) is 5.48. The van der Waals surface area contributed by atoms with E-state index in [2.05, 4.69) is 10.9 Å². The van der Waals surface area contributed by atoms with Crippen LogP contribution in [0.3, 0.4) is 0 Å². The Balaban J connectivity index is 1.46. The molecule has 0 aliphatic carbocycles. The fraction of sp³-hybridized carbons (Fsp3) is 0.182. The summed E-state index contributed by atoms with van der Waals surface area (Å²) in [5, 5.41) is 2.72. The number of benzene rings is 3. The fourth-order valence-electron chi connectivity index (χ4n) is 2.62. The Morgan fingerprint density at radius 2 is 1.69 bits per heavy atom. The molecule has 3 aromatic rings. The summed E-state index contributed by atoms with van der Waals surface area (Å²) in [6.45, 7) is 3.19. The molecule has 6 nitrogen and oxygen atoms in total. The number of hydrogen-bond acceptors (Lipinski definition) is 4. The lowest BCUT2D eigenvalue weighted by Crippen LogP contribution is -2.48. The number of amides is 2. The summed E-state index contributed by atoms with van der Waals surface area (Å²) >= 11 is 5.95. The largest absolute Gasteiger partial charge is 0.484 e. The maximum absolute atomic E-state index is 12.2. The molecule has 0 aliphatic heterocycles. The Hall–Kier alpha value is -3.25. The summed E-state index contributed by atoms with van der Waals surface area (Å²) in [7, 11) is 0. The number of aryl methyl sites for hydroxylation is 1. The Labute approximate surface area is 173 Å².